The number of rotatable bonds is 13. The molecule has 0 aliphatic carbocycles. The predicted molar refractivity (Wildman–Crippen MR) is 157 cm³/mol. The molecule has 1 aromatic heterocycles. The Balaban J connectivity index is 1.48. The maximum Gasteiger partial charge on any atom is 0.527 e. The summed E-state index contributed by atoms with van der Waals surface area (Å²) in [7, 11) is 0. The fraction of sp³-hybridized carbons (Fsp3) is 0.483. The summed E-state index contributed by atoms with van der Waals surface area (Å²) >= 11 is 0. The molecular weight excluding hydrogens is 624 g/mol. The number of hydrogen-bond donors (Lipinski definition) is 4. The fourth-order valence-electron chi connectivity index (χ4n) is 5.10. The normalized spacial score (nSPS) is 18.7. The molecule has 1 aromatic carbocycles. The van der Waals surface area contributed by atoms with Crippen LogP contribution in [-0.2, 0) is 28.8 Å². The standard InChI is InChI=1S/C29H36N6O12/c1-2-45-29(44)47-33-12-10-32(11-13-33)27(41)20(8-9-25(38)39)30-26(40)21-15-24(35(31-21)18-6-4-3-5-7-18)46-17-23(37)34-16-19(36)14-22(34)28(42)43/h3-7,15,19-20,22,36H,2,8-14,16-17H2,1H3,(H,30,40)(H,38,39)(H,42,43)/t19-,20+,22+/m1/s1. The zero-order valence-electron chi connectivity index (χ0n) is 25.5. The van der Waals surface area contributed by atoms with Gasteiger partial charge in [0.15, 0.2) is 12.3 Å². The van der Waals surface area contributed by atoms with Crippen molar-refractivity contribution in [3.63, 3.8) is 0 Å². The molecule has 4 rings (SSSR count). The number of β-amino-alcohol motifs (C(OH)–C–C–N with tert-alkyl or cyclic N) is 1. The largest absolute Gasteiger partial charge is 0.527 e. The van der Waals surface area contributed by atoms with Crippen molar-refractivity contribution in [3.05, 3.63) is 42.1 Å². The number of para-hydroxylation sites is 1. The van der Waals surface area contributed by atoms with Crippen LogP contribution in [0.1, 0.15) is 36.7 Å². The van der Waals surface area contributed by atoms with E-state index < -0.39 is 67.0 Å². The molecule has 2 aromatic rings. The number of nitrogens with zero attached hydrogens (tertiary/aromatic N) is 5. The number of hydroxylamine groups is 2. The first-order valence-electron chi connectivity index (χ1n) is 14.9. The van der Waals surface area contributed by atoms with Gasteiger partial charge in [0, 0.05) is 38.5 Å². The Morgan fingerprint density at radius 1 is 1.04 bits per heavy atom. The predicted octanol–water partition coefficient (Wildman–Crippen LogP) is -0.507. The minimum Gasteiger partial charge on any atom is -0.481 e. The number of carbonyl (C=O) groups is 6. The van der Waals surface area contributed by atoms with Crippen molar-refractivity contribution < 1.29 is 58.4 Å². The molecule has 3 atom stereocenters. The number of amides is 3. The Hall–Kier alpha value is -5.23. The lowest BCUT2D eigenvalue weighted by Crippen LogP contribution is -2.55. The molecule has 3 amide bonds. The second-order valence-corrected chi connectivity index (χ2v) is 10.7. The second kappa shape index (κ2) is 15.9. The van der Waals surface area contributed by atoms with Crippen LogP contribution in [0.5, 0.6) is 5.88 Å². The number of carboxylic acid groups (broad SMARTS) is 2. The lowest BCUT2D eigenvalue weighted by molar-refractivity contribution is -0.157. The number of nitrogens with one attached hydrogen (secondary N) is 1. The van der Waals surface area contributed by atoms with E-state index in [1.807, 2.05) is 0 Å². The van der Waals surface area contributed by atoms with Crippen LogP contribution in [0.25, 0.3) is 5.69 Å². The van der Waals surface area contributed by atoms with Gasteiger partial charge in [-0.05, 0) is 25.5 Å². The molecule has 2 aliphatic rings. The van der Waals surface area contributed by atoms with Crippen LogP contribution >= 0.6 is 0 Å². The zero-order valence-corrected chi connectivity index (χ0v) is 25.5. The summed E-state index contributed by atoms with van der Waals surface area (Å²) in [5, 5.41) is 36.8. The molecule has 0 spiro atoms. The monoisotopic (exact) mass is 660 g/mol. The Kier molecular flexibility index (Phi) is 11.7. The number of hydrogen-bond acceptors (Lipinski definition) is 12. The second-order valence-electron chi connectivity index (χ2n) is 10.7. The van der Waals surface area contributed by atoms with Crippen LogP contribution in [0.2, 0.25) is 0 Å². The first kappa shape index (κ1) is 34.6. The molecule has 0 bridgehead atoms. The molecule has 2 fully saturated rings. The third kappa shape index (κ3) is 9.17. The highest BCUT2D eigenvalue weighted by molar-refractivity contribution is 5.96. The van der Waals surface area contributed by atoms with E-state index in [0.29, 0.717) is 5.69 Å². The molecule has 0 radical (unpaired) electrons. The van der Waals surface area contributed by atoms with Crippen molar-refractivity contribution in [1.29, 1.82) is 0 Å². The molecule has 2 aliphatic heterocycles. The minimum absolute atomic E-state index is 0.0487. The van der Waals surface area contributed by atoms with E-state index in [1.165, 1.54) is 20.7 Å². The van der Waals surface area contributed by atoms with Gasteiger partial charge < -0.3 is 44.7 Å². The maximum absolute atomic E-state index is 13.4. The van der Waals surface area contributed by atoms with Crippen LogP contribution in [0.3, 0.4) is 0 Å². The van der Waals surface area contributed by atoms with Gasteiger partial charge in [-0.25, -0.2) is 14.3 Å². The Morgan fingerprint density at radius 3 is 2.38 bits per heavy atom. The number of aliphatic hydroxyl groups excluding tert-OH is 1. The van der Waals surface area contributed by atoms with Crippen LogP contribution in [0, 0.1) is 0 Å². The molecule has 18 nitrogen and oxygen atoms in total. The molecule has 2 saturated heterocycles. The van der Waals surface area contributed by atoms with E-state index >= 15 is 0 Å². The van der Waals surface area contributed by atoms with Crippen molar-refractivity contribution in [2.45, 2.75) is 44.4 Å². The molecule has 0 unspecified atom stereocenters. The quantitative estimate of drug-likeness (QED) is 0.198. The Labute approximate surface area is 268 Å². The summed E-state index contributed by atoms with van der Waals surface area (Å²) in [6.07, 6.45) is -2.63. The molecule has 18 heteroatoms. The summed E-state index contributed by atoms with van der Waals surface area (Å²) in [6.45, 7) is 1.54. The highest BCUT2D eigenvalue weighted by Gasteiger charge is 2.39. The average molecular weight is 661 g/mol. The van der Waals surface area contributed by atoms with Gasteiger partial charge >= 0.3 is 18.1 Å². The zero-order chi connectivity index (χ0) is 34.1. The lowest BCUT2D eigenvalue weighted by Gasteiger charge is -2.35. The molecule has 4 N–H and O–H groups in total. The first-order chi connectivity index (χ1) is 22.5. The molecular formula is C29H36N6O12. The number of carboxylic acids is 2. The molecule has 47 heavy (non-hydrogen) atoms. The molecule has 254 valence electrons. The van der Waals surface area contributed by atoms with Crippen molar-refractivity contribution in [2.24, 2.45) is 0 Å². The summed E-state index contributed by atoms with van der Waals surface area (Å²) in [4.78, 5) is 81.7. The molecule has 3 heterocycles. The number of aliphatic hydroxyl groups is 1. The number of aliphatic carboxylic acids is 2. The van der Waals surface area contributed by atoms with E-state index in [2.05, 4.69) is 10.4 Å². The van der Waals surface area contributed by atoms with Crippen molar-refractivity contribution in [2.75, 3.05) is 45.9 Å². The van der Waals surface area contributed by atoms with Gasteiger partial charge in [-0.2, -0.15) is 5.10 Å². The van der Waals surface area contributed by atoms with Gasteiger partial charge in [0.25, 0.3) is 11.8 Å². The van der Waals surface area contributed by atoms with Gasteiger partial charge in [-0.1, -0.05) is 18.2 Å². The van der Waals surface area contributed by atoms with E-state index in [-0.39, 0.29) is 63.7 Å². The van der Waals surface area contributed by atoms with Crippen molar-refractivity contribution in [1.82, 2.24) is 30.0 Å². The third-order valence-corrected chi connectivity index (χ3v) is 7.40. The van der Waals surface area contributed by atoms with Gasteiger partial charge in [0.05, 0.1) is 31.5 Å². The third-order valence-electron chi connectivity index (χ3n) is 7.40. The Bertz CT molecular complexity index is 1460. The van der Waals surface area contributed by atoms with Gasteiger partial charge in [0.2, 0.25) is 11.8 Å². The smallest absolute Gasteiger partial charge is 0.481 e. The lowest BCUT2D eigenvalue weighted by atomic mass is 10.1. The summed E-state index contributed by atoms with van der Waals surface area (Å²) < 4.78 is 11.7. The van der Waals surface area contributed by atoms with E-state index in [9.17, 15) is 44.1 Å². The number of aromatic nitrogens is 2. The van der Waals surface area contributed by atoms with Gasteiger partial charge in [-0.15, -0.1) is 5.06 Å². The van der Waals surface area contributed by atoms with E-state index in [1.54, 1.807) is 37.3 Å². The number of benzene rings is 1. The van der Waals surface area contributed by atoms with E-state index in [4.69, 9.17) is 14.3 Å². The summed E-state index contributed by atoms with van der Waals surface area (Å²) in [5.41, 5.74) is 0.243. The SMILES string of the molecule is CCOC(=O)ON1CCN(C(=O)[C@H](CCC(=O)O)NC(=O)c2cc(OCC(=O)N3C[C@H](O)C[C@H]3C(=O)O)n(-c3ccccc3)n2)CC1. The van der Waals surface area contributed by atoms with Crippen LogP contribution in [-0.4, -0.2) is 140 Å². The Morgan fingerprint density at radius 2 is 1.74 bits per heavy atom. The van der Waals surface area contributed by atoms with Gasteiger partial charge in [0.1, 0.15) is 12.1 Å². The number of piperazine rings is 1. The summed E-state index contributed by atoms with van der Waals surface area (Å²) in [5.74, 6) is -4.55. The van der Waals surface area contributed by atoms with Crippen LogP contribution in [0.4, 0.5) is 4.79 Å². The maximum atomic E-state index is 13.4. The average Bonchev–Trinajstić information content (AvgIpc) is 3.66. The van der Waals surface area contributed by atoms with Crippen LogP contribution in [0.15, 0.2) is 36.4 Å². The van der Waals surface area contributed by atoms with E-state index in [0.717, 1.165) is 4.90 Å². The van der Waals surface area contributed by atoms with Crippen molar-refractivity contribution in [3.8, 4) is 11.6 Å². The fourth-order valence-corrected chi connectivity index (χ4v) is 5.10. The highest BCUT2D eigenvalue weighted by atomic mass is 16.8. The first-order valence-corrected chi connectivity index (χ1v) is 14.9. The minimum atomic E-state index is -1.26. The highest BCUT2D eigenvalue weighted by Crippen LogP contribution is 2.22. The van der Waals surface area contributed by atoms with Crippen LogP contribution < -0.4 is 10.1 Å². The summed E-state index contributed by atoms with van der Waals surface area (Å²) in [6, 6.07) is 7.24. The van der Waals surface area contributed by atoms with Crippen molar-refractivity contribution >= 4 is 35.8 Å². The number of likely N-dealkylation sites (tertiary alicyclic amines) is 1. The van der Waals surface area contributed by atoms with Gasteiger partial charge in [-0.3, -0.25) is 19.2 Å². The molecule has 0 saturated carbocycles. The number of carbonyl (C=O) groups excluding carboxylic acids is 4. The topological polar surface area (TPSA) is 230 Å². The number of ether oxygens (including phenoxy) is 2.